The third-order valence-electron chi connectivity index (χ3n) is 1.38. The van der Waals surface area contributed by atoms with E-state index in [1.54, 1.807) is 0 Å². The van der Waals surface area contributed by atoms with Crippen LogP contribution in [0, 0.1) is 0 Å². The average molecular weight is 174 g/mol. The molecule has 2 N–H and O–H groups in total. The van der Waals surface area contributed by atoms with Crippen molar-refractivity contribution in [3.05, 3.63) is 0 Å². The number of hydrogen-bond donors (Lipinski definition) is 2. The van der Waals surface area contributed by atoms with E-state index in [9.17, 15) is 4.79 Å². The molecule has 0 radical (unpaired) electrons. The molecule has 0 aromatic heterocycles. The summed E-state index contributed by atoms with van der Waals surface area (Å²) in [6.45, 7) is 0. The minimum Gasteiger partial charge on any atom is -0.464 e. The fraction of sp³-hybridized carbons (Fsp3) is 0.667. The number of nitrogens with one attached hydrogen (secondary N) is 1. The van der Waals surface area contributed by atoms with Crippen molar-refractivity contribution in [2.24, 2.45) is 5.10 Å². The molecule has 1 aliphatic rings. The van der Waals surface area contributed by atoms with Crippen molar-refractivity contribution in [1.82, 2.24) is 5.43 Å². The van der Waals surface area contributed by atoms with E-state index in [2.05, 4.69) is 5.10 Å². The molecule has 0 spiro atoms. The third kappa shape index (κ3) is 3.27. The van der Waals surface area contributed by atoms with E-state index >= 15 is 0 Å². The first-order chi connectivity index (χ1) is 5.29. The zero-order valence-electron chi connectivity index (χ0n) is 6.04. The summed E-state index contributed by atoms with van der Waals surface area (Å²) in [5.41, 5.74) is 2.97. The lowest BCUT2D eigenvalue weighted by molar-refractivity contribution is 0.195. The average Bonchev–Trinajstić information content (AvgIpc) is 2.03. The molecular formula is C6H10N2O2S. The molecule has 1 fully saturated rings. The van der Waals surface area contributed by atoms with Crippen LogP contribution in [0.5, 0.6) is 0 Å². The first-order valence-electron chi connectivity index (χ1n) is 3.41. The summed E-state index contributed by atoms with van der Waals surface area (Å²) >= 11 is 1.88. The number of nitrogens with zero attached hydrogens (tertiary/aromatic N) is 1. The summed E-state index contributed by atoms with van der Waals surface area (Å²) in [6.07, 6.45) is 0.728. The molecule has 5 heteroatoms. The van der Waals surface area contributed by atoms with Crippen LogP contribution in [0.25, 0.3) is 0 Å². The topological polar surface area (TPSA) is 61.7 Å². The van der Waals surface area contributed by atoms with Crippen molar-refractivity contribution < 1.29 is 9.90 Å². The molecule has 1 saturated heterocycles. The molecule has 0 aromatic rings. The number of carbonyl (C=O) groups is 1. The quantitative estimate of drug-likeness (QED) is 0.586. The number of carboxylic acid groups (broad SMARTS) is 1. The standard InChI is InChI=1S/C6H10N2O2S/c9-6(10)8-7-5-1-3-11-4-2-5/h8H,1-4H2,(H,9,10). The number of rotatable bonds is 1. The summed E-state index contributed by atoms with van der Waals surface area (Å²) < 4.78 is 0. The molecule has 1 heterocycles. The molecule has 4 nitrogen and oxygen atoms in total. The van der Waals surface area contributed by atoms with Crippen LogP contribution in [0.1, 0.15) is 12.8 Å². The Morgan fingerprint density at radius 3 is 2.73 bits per heavy atom. The van der Waals surface area contributed by atoms with Crippen LogP contribution in [0.15, 0.2) is 5.10 Å². The highest BCUT2D eigenvalue weighted by Gasteiger charge is 2.06. The van der Waals surface area contributed by atoms with Gasteiger partial charge in [0.2, 0.25) is 0 Å². The monoisotopic (exact) mass is 174 g/mol. The van der Waals surface area contributed by atoms with Crippen LogP contribution in [0.3, 0.4) is 0 Å². The highest BCUT2D eigenvalue weighted by molar-refractivity contribution is 7.99. The van der Waals surface area contributed by atoms with Gasteiger partial charge in [0.15, 0.2) is 0 Å². The van der Waals surface area contributed by atoms with Gasteiger partial charge in [-0.2, -0.15) is 16.9 Å². The van der Waals surface area contributed by atoms with Crippen LogP contribution in [0.4, 0.5) is 4.79 Å². The SMILES string of the molecule is O=C(O)NN=C1CCSCC1. The number of hydrogen-bond acceptors (Lipinski definition) is 3. The largest absolute Gasteiger partial charge is 0.464 e. The third-order valence-corrected chi connectivity index (χ3v) is 2.37. The van der Waals surface area contributed by atoms with E-state index in [0.29, 0.717) is 0 Å². The van der Waals surface area contributed by atoms with E-state index < -0.39 is 6.09 Å². The first kappa shape index (κ1) is 8.39. The normalized spacial score (nSPS) is 17.6. The van der Waals surface area contributed by atoms with Crippen molar-refractivity contribution >= 4 is 23.6 Å². The van der Waals surface area contributed by atoms with Crippen molar-refractivity contribution in [3.63, 3.8) is 0 Å². The minimum atomic E-state index is -1.09. The molecule has 1 rings (SSSR count). The van der Waals surface area contributed by atoms with Gasteiger partial charge in [0.05, 0.1) is 0 Å². The first-order valence-corrected chi connectivity index (χ1v) is 4.56. The van der Waals surface area contributed by atoms with Gasteiger partial charge in [-0.1, -0.05) is 0 Å². The van der Waals surface area contributed by atoms with E-state index in [-0.39, 0.29) is 0 Å². The van der Waals surface area contributed by atoms with Crippen LogP contribution >= 0.6 is 11.8 Å². The maximum atomic E-state index is 10.0. The Labute approximate surface area is 69.1 Å². The predicted molar refractivity (Wildman–Crippen MR) is 45.2 cm³/mol. The van der Waals surface area contributed by atoms with Crippen LogP contribution in [-0.2, 0) is 0 Å². The lowest BCUT2D eigenvalue weighted by Gasteiger charge is -2.10. The van der Waals surface area contributed by atoms with Gasteiger partial charge in [-0.25, -0.2) is 10.2 Å². The van der Waals surface area contributed by atoms with Gasteiger partial charge >= 0.3 is 6.09 Å². The molecule has 0 saturated carbocycles. The van der Waals surface area contributed by atoms with Gasteiger partial charge < -0.3 is 5.11 Å². The summed E-state index contributed by atoms with van der Waals surface area (Å²) in [5.74, 6) is 2.11. The van der Waals surface area contributed by atoms with E-state index in [0.717, 1.165) is 30.1 Å². The number of hydrazone groups is 1. The highest BCUT2D eigenvalue weighted by Crippen LogP contribution is 2.13. The Morgan fingerprint density at radius 1 is 1.55 bits per heavy atom. The second-order valence-electron chi connectivity index (χ2n) is 2.21. The molecule has 1 aliphatic heterocycles. The molecule has 62 valence electrons. The summed E-state index contributed by atoms with van der Waals surface area (Å²) in [6, 6.07) is 0. The van der Waals surface area contributed by atoms with Crippen LogP contribution < -0.4 is 5.43 Å². The molecule has 0 atom stereocenters. The van der Waals surface area contributed by atoms with Gasteiger partial charge in [-0.05, 0) is 24.3 Å². The van der Waals surface area contributed by atoms with Gasteiger partial charge in [0.1, 0.15) is 0 Å². The smallest absolute Gasteiger partial charge is 0.425 e. The Kier molecular flexibility index (Phi) is 3.22. The summed E-state index contributed by atoms with van der Waals surface area (Å²) in [4.78, 5) is 10.0. The van der Waals surface area contributed by atoms with E-state index in [1.807, 2.05) is 17.2 Å². The van der Waals surface area contributed by atoms with Gasteiger partial charge in [-0.3, -0.25) is 0 Å². The Balaban J connectivity index is 2.32. The molecule has 0 unspecified atom stereocenters. The molecule has 0 aliphatic carbocycles. The molecule has 0 bridgehead atoms. The lowest BCUT2D eigenvalue weighted by atomic mass is 10.2. The van der Waals surface area contributed by atoms with Gasteiger partial charge in [0.25, 0.3) is 0 Å². The zero-order chi connectivity index (χ0) is 8.10. The number of amides is 1. The van der Waals surface area contributed by atoms with E-state index in [1.165, 1.54) is 0 Å². The summed E-state index contributed by atoms with van der Waals surface area (Å²) in [5, 5.41) is 12.0. The fourth-order valence-electron chi connectivity index (χ4n) is 0.846. The molecule has 1 amide bonds. The van der Waals surface area contributed by atoms with E-state index in [4.69, 9.17) is 5.11 Å². The Hall–Kier alpha value is -0.710. The predicted octanol–water partition coefficient (Wildman–Crippen LogP) is 1.14. The molecule has 0 aromatic carbocycles. The fourth-order valence-corrected chi connectivity index (χ4v) is 1.81. The van der Waals surface area contributed by atoms with Gasteiger partial charge in [-0.15, -0.1) is 0 Å². The van der Waals surface area contributed by atoms with Crippen molar-refractivity contribution in [3.8, 4) is 0 Å². The zero-order valence-corrected chi connectivity index (χ0v) is 6.86. The molecular weight excluding hydrogens is 164 g/mol. The lowest BCUT2D eigenvalue weighted by Crippen LogP contribution is -2.19. The minimum absolute atomic E-state index is 0.908. The Bertz CT molecular complexity index is 173. The highest BCUT2D eigenvalue weighted by atomic mass is 32.2. The number of thioether (sulfide) groups is 1. The second-order valence-corrected chi connectivity index (χ2v) is 3.43. The van der Waals surface area contributed by atoms with Crippen LogP contribution in [-0.4, -0.2) is 28.4 Å². The van der Waals surface area contributed by atoms with Crippen molar-refractivity contribution in [2.45, 2.75) is 12.8 Å². The Morgan fingerprint density at radius 2 is 2.18 bits per heavy atom. The van der Waals surface area contributed by atoms with Gasteiger partial charge in [0, 0.05) is 5.71 Å². The molecule has 11 heavy (non-hydrogen) atoms. The summed E-state index contributed by atoms with van der Waals surface area (Å²) in [7, 11) is 0. The maximum Gasteiger partial charge on any atom is 0.425 e. The van der Waals surface area contributed by atoms with Crippen molar-refractivity contribution in [2.75, 3.05) is 11.5 Å². The maximum absolute atomic E-state index is 10.0. The second kappa shape index (κ2) is 4.23. The van der Waals surface area contributed by atoms with Crippen LogP contribution in [0.2, 0.25) is 0 Å². The van der Waals surface area contributed by atoms with Crippen molar-refractivity contribution in [1.29, 1.82) is 0 Å².